The second-order valence-electron chi connectivity index (χ2n) is 8.19. The van der Waals surface area contributed by atoms with E-state index >= 15 is 0 Å². The summed E-state index contributed by atoms with van der Waals surface area (Å²) in [6.07, 6.45) is 3.17. The largest absolute Gasteiger partial charge is 0.507 e. The van der Waals surface area contributed by atoms with Gasteiger partial charge in [0.15, 0.2) is 0 Å². The molecule has 2 heterocycles. The van der Waals surface area contributed by atoms with Crippen molar-refractivity contribution >= 4 is 12.0 Å². The lowest BCUT2D eigenvalue weighted by molar-refractivity contribution is 0.477. The highest BCUT2D eigenvalue weighted by atomic mass is 16.3. The predicted molar refractivity (Wildman–Crippen MR) is 144 cm³/mol. The van der Waals surface area contributed by atoms with Crippen molar-refractivity contribution < 1.29 is 5.11 Å². The highest BCUT2D eigenvalue weighted by Crippen LogP contribution is 2.34. The number of aromatic hydroxyl groups is 1. The monoisotopic (exact) mass is 497 g/mol. The molecule has 9 nitrogen and oxygen atoms in total. The first-order valence-corrected chi connectivity index (χ1v) is 11.5. The van der Waals surface area contributed by atoms with Crippen molar-refractivity contribution in [3.63, 3.8) is 0 Å². The molecule has 38 heavy (non-hydrogen) atoms. The van der Waals surface area contributed by atoms with E-state index in [1.807, 2.05) is 72.8 Å². The van der Waals surface area contributed by atoms with Crippen molar-refractivity contribution in [3.05, 3.63) is 118 Å². The smallest absolute Gasteiger partial charge is 0.291 e. The number of para-hydroxylation sites is 2. The van der Waals surface area contributed by atoms with Gasteiger partial charge in [0.25, 0.3) is 5.56 Å². The van der Waals surface area contributed by atoms with Crippen LogP contribution < -0.4 is 11.3 Å². The van der Waals surface area contributed by atoms with E-state index in [-0.39, 0.29) is 33.8 Å². The Hall–Kier alpha value is -5.93. The summed E-state index contributed by atoms with van der Waals surface area (Å²) in [7, 11) is 0. The van der Waals surface area contributed by atoms with Gasteiger partial charge in [-0.25, -0.2) is 4.68 Å². The number of nitriles is 2. The second kappa shape index (κ2) is 9.97. The van der Waals surface area contributed by atoms with Gasteiger partial charge < -0.3 is 10.8 Å². The van der Waals surface area contributed by atoms with Gasteiger partial charge in [-0.05, 0) is 18.2 Å². The van der Waals surface area contributed by atoms with Crippen LogP contribution in [-0.4, -0.2) is 25.8 Å². The molecule has 3 N–H and O–H groups in total. The van der Waals surface area contributed by atoms with Gasteiger partial charge in [0, 0.05) is 28.5 Å². The summed E-state index contributed by atoms with van der Waals surface area (Å²) in [5, 5.41) is 39.1. The maximum absolute atomic E-state index is 13.3. The fraction of sp³-hybridized carbons (Fsp3) is 0. The van der Waals surface area contributed by atoms with Gasteiger partial charge in [0.05, 0.1) is 11.9 Å². The first-order chi connectivity index (χ1) is 18.5. The van der Waals surface area contributed by atoms with E-state index in [4.69, 9.17) is 10.8 Å². The Labute approximate surface area is 217 Å². The van der Waals surface area contributed by atoms with Crippen LogP contribution in [0.5, 0.6) is 5.75 Å². The number of phenolic OH excluding ortho intramolecular Hbond substituents is 1. The van der Waals surface area contributed by atoms with Gasteiger partial charge in [0.1, 0.15) is 40.5 Å². The van der Waals surface area contributed by atoms with Crippen molar-refractivity contribution in [1.82, 2.24) is 14.5 Å². The number of rotatable bonds is 5. The van der Waals surface area contributed by atoms with Crippen LogP contribution in [-0.2, 0) is 0 Å². The van der Waals surface area contributed by atoms with E-state index in [1.165, 1.54) is 18.3 Å². The number of nitrogens with two attached hydrogens (primary N) is 1. The number of pyridine rings is 1. The molecule has 0 radical (unpaired) electrons. The summed E-state index contributed by atoms with van der Waals surface area (Å²) >= 11 is 0. The van der Waals surface area contributed by atoms with Gasteiger partial charge in [-0.15, -0.1) is 0 Å². The lowest BCUT2D eigenvalue weighted by Crippen LogP contribution is -2.25. The number of nitrogens with zero attached hydrogens (tertiary/aromatic N) is 6. The van der Waals surface area contributed by atoms with Crippen molar-refractivity contribution in [3.8, 4) is 46.0 Å². The Morgan fingerprint density at radius 2 is 1.53 bits per heavy atom. The zero-order valence-corrected chi connectivity index (χ0v) is 19.9. The lowest BCUT2D eigenvalue weighted by Gasteiger charge is -2.13. The molecule has 0 amide bonds. The molecule has 0 saturated carbocycles. The predicted octanol–water partition coefficient (Wildman–Crippen LogP) is 4.28. The third-order valence-electron chi connectivity index (χ3n) is 5.91. The Morgan fingerprint density at radius 1 is 0.895 bits per heavy atom. The summed E-state index contributed by atoms with van der Waals surface area (Å²) in [6.45, 7) is 0. The van der Waals surface area contributed by atoms with E-state index in [1.54, 1.807) is 23.0 Å². The van der Waals surface area contributed by atoms with Gasteiger partial charge in [0.2, 0.25) is 0 Å². The number of hydrogen-bond acceptors (Lipinski definition) is 7. The molecule has 0 saturated heterocycles. The minimum atomic E-state index is -0.824. The summed E-state index contributed by atoms with van der Waals surface area (Å²) in [4.78, 5) is 13.3. The average molecular weight is 498 g/mol. The molecule has 0 atom stereocenters. The van der Waals surface area contributed by atoms with Crippen LogP contribution in [0.1, 0.15) is 16.7 Å². The number of aromatic nitrogens is 3. The Morgan fingerprint density at radius 3 is 2.18 bits per heavy atom. The fourth-order valence-electron chi connectivity index (χ4n) is 4.10. The van der Waals surface area contributed by atoms with E-state index in [9.17, 15) is 20.4 Å². The number of nitrogen functional groups attached to an aromatic ring is 1. The van der Waals surface area contributed by atoms with Crippen LogP contribution in [0, 0.1) is 22.7 Å². The first-order valence-electron chi connectivity index (χ1n) is 11.5. The third kappa shape index (κ3) is 4.17. The highest BCUT2D eigenvalue weighted by molar-refractivity contribution is 5.89. The van der Waals surface area contributed by atoms with E-state index in [2.05, 4.69) is 5.10 Å². The molecular formula is C29H19N7O2. The van der Waals surface area contributed by atoms with Crippen LogP contribution in [0.15, 0.2) is 101 Å². The second-order valence-corrected chi connectivity index (χ2v) is 8.19. The molecule has 5 aromatic rings. The van der Waals surface area contributed by atoms with E-state index < -0.39 is 5.56 Å². The molecule has 0 spiro atoms. The SMILES string of the molecule is N#Cc1c(-c2ccccc2O)c(C#N)c(=O)n(/N=C/c2cn(-c3ccccc3)nc2-c2ccccc2)c1N. The van der Waals surface area contributed by atoms with Crippen LogP contribution in [0.25, 0.3) is 28.1 Å². The first kappa shape index (κ1) is 23.8. The van der Waals surface area contributed by atoms with E-state index in [0.717, 1.165) is 15.9 Å². The molecule has 0 aliphatic rings. The van der Waals surface area contributed by atoms with Crippen LogP contribution in [0.4, 0.5) is 5.82 Å². The van der Waals surface area contributed by atoms with Gasteiger partial charge in [-0.1, -0.05) is 66.7 Å². The van der Waals surface area contributed by atoms with E-state index in [0.29, 0.717) is 11.3 Å². The summed E-state index contributed by atoms with van der Waals surface area (Å²) in [5.74, 6) is -0.455. The third-order valence-corrected chi connectivity index (χ3v) is 5.91. The van der Waals surface area contributed by atoms with Crippen molar-refractivity contribution in [1.29, 1.82) is 10.5 Å². The maximum atomic E-state index is 13.3. The standard InChI is InChI=1S/C29H19N7O2/c30-15-23-26(22-13-7-8-14-25(22)37)24(16-31)29(38)36(28(23)32)33-17-20-18-35(21-11-5-2-6-12-21)34-27(20)19-9-3-1-4-10-19/h1-14,17-18,37H,32H2/b33-17+. The van der Waals surface area contributed by atoms with Crippen molar-refractivity contribution in [2.75, 3.05) is 5.73 Å². The topological polar surface area (TPSA) is 146 Å². The molecule has 0 aliphatic heterocycles. The number of phenols is 1. The number of hydrogen-bond donors (Lipinski definition) is 2. The molecule has 0 aliphatic carbocycles. The van der Waals surface area contributed by atoms with Crippen molar-refractivity contribution in [2.45, 2.75) is 0 Å². The Balaban J connectivity index is 1.69. The normalized spacial score (nSPS) is 10.8. The zero-order chi connectivity index (χ0) is 26.6. The van der Waals surface area contributed by atoms with Crippen LogP contribution in [0.3, 0.4) is 0 Å². The molecule has 2 aromatic heterocycles. The highest BCUT2D eigenvalue weighted by Gasteiger charge is 2.23. The average Bonchev–Trinajstić information content (AvgIpc) is 3.38. The number of anilines is 1. The maximum Gasteiger partial charge on any atom is 0.291 e. The minimum absolute atomic E-state index is 0.0380. The molecule has 3 aromatic carbocycles. The summed E-state index contributed by atoms with van der Waals surface area (Å²) in [6, 6.07) is 28.9. The Bertz CT molecular complexity index is 1820. The van der Waals surface area contributed by atoms with Gasteiger partial charge in [-0.3, -0.25) is 4.79 Å². The molecule has 0 unspecified atom stereocenters. The molecule has 9 heteroatoms. The lowest BCUT2D eigenvalue weighted by atomic mass is 9.96. The molecule has 0 bridgehead atoms. The molecule has 182 valence electrons. The zero-order valence-electron chi connectivity index (χ0n) is 19.9. The summed E-state index contributed by atoms with van der Waals surface area (Å²) < 4.78 is 2.51. The molecule has 0 fully saturated rings. The summed E-state index contributed by atoms with van der Waals surface area (Å²) in [5.41, 5.74) is 7.84. The van der Waals surface area contributed by atoms with Crippen molar-refractivity contribution in [2.24, 2.45) is 5.10 Å². The Kier molecular flexibility index (Phi) is 6.25. The molecular weight excluding hydrogens is 478 g/mol. The van der Waals surface area contributed by atoms with Crippen LogP contribution in [0.2, 0.25) is 0 Å². The number of benzene rings is 3. The van der Waals surface area contributed by atoms with Gasteiger partial charge in [-0.2, -0.15) is 25.4 Å². The molecule has 5 rings (SSSR count). The minimum Gasteiger partial charge on any atom is -0.507 e. The van der Waals surface area contributed by atoms with Gasteiger partial charge >= 0.3 is 0 Å². The quantitative estimate of drug-likeness (QED) is 0.347. The van der Waals surface area contributed by atoms with Crippen LogP contribution >= 0.6 is 0 Å². The fourth-order valence-corrected chi connectivity index (χ4v) is 4.10.